The number of aromatic nitrogens is 2. The van der Waals surface area contributed by atoms with Crippen molar-refractivity contribution in [2.45, 2.75) is 75.6 Å². The number of carbonyl (C=O) groups excluding carboxylic acids is 2. The van der Waals surface area contributed by atoms with Crippen LogP contribution in [0.2, 0.25) is 0 Å². The zero-order chi connectivity index (χ0) is 28.6. The number of piperidine rings is 1. The van der Waals surface area contributed by atoms with Crippen molar-refractivity contribution in [3.05, 3.63) is 47.8 Å². The van der Waals surface area contributed by atoms with Crippen LogP contribution in [0.25, 0.3) is 0 Å². The minimum absolute atomic E-state index is 0.0160. The number of hydrogen-bond acceptors (Lipinski definition) is 6. The molecule has 2 saturated heterocycles. The van der Waals surface area contributed by atoms with Gasteiger partial charge in [-0.3, -0.25) is 9.59 Å². The molecular weight excluding hydrogens is 532 g/mol. The summed E-state index contributed by atoms with van der Waals surface area (Å²) in [5.41, 5.74) is -2.30. The maximum atomic E-state index is 13.0. The number of amides is 2. The monoisotopic (exact) mass is 559 g/mol. The van der Waals surface area contributed by atoms with Crippen molar-refractivity contribution in [3.8, 4) is 5.88 Å². The SMILES string of the molecule is CC(C)(Oc1ccc(C(F)(F)F)cn1)C(=O)NC1CC2CCC(C1)N2c1ccc(C(=O)NCC(F)(F)F)cn1. The second-order valence-corrected chi connectivity index (χ2v) is 10.1. The molecular formula is C25H27F6N5O3. The summed E-state index contributed by atoms with van der Waals surface area (Å²) in [6.45, 7) is 1.57. The van der Waals surface area contributed by atoms with Gasteiger partial charge >= 0.3 is 12.4 Å². The third-order valence-corrected chi connectivity index (χ3v) is 6.76. The lowest BCUT2D eigenvalue weighted by atomic mass is 9.96. The van der Waals surface area contributed by atoms with Gasteiger partial charge in [0.15, 0.2) is 5.60 Å². The molecule has 2 aromatic rings. The fourth-order valence-corrected chi connectivity index (χ4v) is 4.90. The topological polar surface area (TPSA) is 96.5 Å². The summed E-state index contributed by atoms with van der Waals surface area (Å²) in [6, 6.07) is 4.84. The fraction of sp³-hybridized carbons (Fsp3) is 0.520. The lowest BCUT2D eigenvalue weighted by Gasteiger charge is -2.40. The maximum Gasteiger partial charge on any atom is 0.417 e. The molecule has 2 aliphatic heterocycles. The Morgan fingerprint density at radius 3 is 2.15 bits per heavy atom. The number of alkyl halides is 6. The molecule has 2 N–H and O–H groups in total. The summed E-state index contributed by atoms with van der Waals surface area (Å²) in [7, 11) is 0. The zero-order valence-electron chi connectivity index (χ0n) is 21.1. The molecule has 4 heterocycles. The Kier molecular flexibility index (Phi) is 7.68. The Labute approximate surface area is 220 Å². The van der Waals surface area contributed by atoms with E-state index in [9.17, 15) is 35.9 Å². The summed E-state index contributed by atoms with van der Waals surface area (Å²) < 4.78 is 80.9. The Balaban J connectivity index is 1.34. The molecule has 14 heteroatoms. The van der Waals surface area contributed by atoms with Crippen LogP contribution < -0.4 is 20.3 Å². The maximum absolute atomic E-state index is 13.0. The number of pyridine rings is 2. The molecule has 2 unspecified atom stereocenters. The number of halogens is 6. The van der Waals surface area contributed by atoms with Gasteiger partial charge in [0.2, 0.25) is 5.88 Å². The predicted octanol–water partition coefficient (Wildman–Crippen LogP) is 4.26. The summed E-state index contributed by atoms with van der Waals surface area (Å²) in [5.74, 6) is -0.821. The van der Waals surface area contributed by atoms with Crippen LogP contribution in [0.5, 0.6) is 5.88 Å². The fourth-order valence-electron chi connectivity index (χ4n) is 4.90. The van der Waals surface area contributed by atoms with Gasteiger partial charge in [0.25, 0.3) is 11.8 Å². The van der Waals surface area contributed by atoms with E-state index in [1.807, 2.05) is 5.32 Å². The second kappa shape index (κ2) is 10.5. The molecule has 212 valence electrons. The number of nitrogens with zero attached hydrogens (tertiary/aromatic N) is 3. The molecule has 2 aromatic heterocycles. The zero-order valence-corrected chi connectivity index (χ0v) is 21.1. The lowest BCUT2D eigenvalue weighted by molar-refractivity contribution is -0.138. The van der Waals surface area contributed by atoms with Crippen molar-refractivity contribution < 1.29 is 40.7 Å². The quantitative estimate of drug-likeness (QED) is 0.493. The molecule has 0 spiro atoms. The first-order chi connectivity index (χ1) is 18.1. The van der Waals surface area contributed by atoms with E-state index in [4.69, 9.17) is 4.74 Å². The molecule has 2 aliphatic rings. The van der Waals surface area contributed by atoms with E-state index in [1.54, 1.807) is 6.07 Å². The van der Waals surface area contributed by atoms with Crippen LogP contribution in [0.4, 0.5) is 32.2 Å². The molecule has 8 nitrogen and oxygen atoms in total. The molecule has 2 atom stereocenters. The third-order valence-electron chi connectivity index (χ3n) is 6.76. The highest BCUT2D eigenvalue weighted by Gasteiger charge is 2.43. The molecule has 2 fully saturated rings. The van der Waals surface area contributed by atoms with Crippen LogP contribution in [0.1, 0.15) is 55.5 Å². The second-order valence-electron chi connectivity index (χ2n) is 10.1. The van der Waals surface area contributed by atoms with Crippen molar-refractivity contribution in [1.29, 1.82) is 0 Å². The van der Waals surface area contributed by atoms with Gasteiger partial charge in [0, 0.05) is 36.6 Å². The standard InChI is InChI=1S/C25H27F6N5O3/c1-23(2,39-20-8-4-15(12-33-20)25(29,30)31)22(38)35-16-9-17-5-6-18(10-16)36(17)19-7-3-14(11-32-19)21(37)34-13-24(26,27)28/h3-4,7-8,11-12,16-18H,5-6,9-10,13H2,1-2H3,(H,34,37)(H,35,38). The molecule has 0 radical (unpaired) electrons. The smallest absolute Gasteiger partial charge is 0.417 e. The van der Waals surface area contributed by atoms with E-state index in [2.05, 4.69) is 20.2 Å². The number of carbonyl (C=O) groups is 2. The van der Waals surface area contributed by atoms with Crippen LogP contribution >= 0.6 is 0 Å². The molecule has 39 heavy (non-hydrogen) atoms. The molecule has 0 saturated carbocycles. The van der Waals surface area contributed by atoms with Gasteiger partial charge < -0.3 is 20.3 Å². The van der Waals surface area contributed by atoms with Crippen LogP contribution in [0, 0.1) is 0 Å². The Hall–Kier alpha value is -3.58. The number of hydrogen-bond donors (Lipinski definition) is 2. The van der Waals surface area contributed by atoms with E-state index in [-0.39, 0.29) is 29.6 Å². The van der Waals surface area contributed by atoms with Crippen molar-refractivity contribution in [3.63, 3.8) is 0 Å². The van der Waals surface area contributed by atoms with Crippen LogP contribution in [-0.4, -0.2) is 58.2 Å². The van der Waals surface area contributed by atoms with Gasteiger partial charge in [0.1, 0.15) is 12.4 Å². The summed E-state index contributed by atoms with van der Waals surface area (Å²) in [4.78, 5) is 35.0. The highest BCUT2D eigenvalue weighted by atomic mass is 19.4. The first kappa shape index (κ1) is 28.4. The van der Waals surface area contributed by atoms with E-state index >= 15 is 0 Å². The number of ether oxygens (including phenoxy) is 1. The molecule has 2 amide bonds. The van der Waals surface area contributed by atoms with E-state index in [0.717, 1.165) is 25.0 Å². The van der Waals surface area contributed by atoms with E-state index in [0.29, 0.717) is 24.9 Å². The molecule has 0 aromatic carbocycles. The van der Waals surface area contributed by atoms with Gasteiger partial charge in [-0.2, -0.15) is 26.3 Å². The molecule has 4 rings (SSSR count). The van der Waals surface area contributed by atoms with Crippen molar-refractivity contribution in [2.75, 3.05) is 11.4 Å². The van der Waals surface area contributed by atoms with Crippen LogP contribution in [0.3, 0.4) is 0 Å². The summed E-state index contributed by atoms with van der Waals surface area (Å²) >= 11 is 0. The van der Waals surface area contributed by atoms with Gasteiger partial charge in [-0.25, -0.2) is 9.97 Å². The average molecular weight is 560 g/mol. The van der Waals surface area contributed by atoms with Crippen LogP contribution in [-0.2, 0) is 11.0 Å². The number of rotatable bonds is 7. The lowest BCUT2D eigenvalue weighted by Crippen LogP contribution is -2.55. The number of nitrogens with one attached hydrogen (secondary N) is 2. The van der Waals surface area contributed by atoms with Gasteiger partial charge in [0.05, 0.1) is 11.1 Å². The highest BCUT2D eigenvalue weighted by molar-refractivity contribution is 5.94. The third kappa shape index (κ3) is 6.90. The first-order valence-electron chi connectivity index (χ1n) is 12.2. The minimum atomic E-state index is -4.53. The molecule has 0 aliphatic carbocycles. The van der Waals surface area contributed by atoms with Gasteiger partial charge in [-0.15, -0.1) is 0 Å². The van der Waals surface area contributed by atoms with Crippen molar-refractivity contribution in [1.82, 2.24) is 20.6 Å². The number of anilines is 1. The minimum Gasteiger partial charge on any atom is -0.462 e. The first-order valence-corrected chi connectivity index (χ1v) is 12.2. The van der Waals surface area contributed by atoms with Crippen molar-refractivity contribution in [2.24, 2.45) is 0 Å². The van der Waals surface area contributed by atoms with Gasteiger partial charge in [-0.05, 0) is 57.7 Å². The molecule has 2 bridgehead atoms. The van der Waals surface area contributed by atoms with Gasteiger partial charge in [-0.1, -0.05) is 0 Å². The average Bonchev–Trinajstić information content (AvgIpc) is 3.11. The Morgan fingerprint density at radius 2 is 1.64 bits per heavy atom. The Morgan fingerprint density at radius 1 is 0.974 bits per heavy atom. The largest absolute Gasteiger partial charge is 0.462 e. The summed E-state index contributed by atoms with van der Waals surface area (Å²) in [5, 5.41) is 4.78. The summed E-state index contributed by atoms with van der Waals surface area (Å²) in [6.07, 6.45) is -4.25. The Bertz CT molecular complexity index is 1170. The van der Waals surface area contributed by atoms with E-state index in [1.165, 1.54) is 26.1 Å². The predicted molar refractivity (Wildman–Crippen MR) is 127 cm³/mol. The number of fused-ring (bicyclic) bond motifs is 2. The normalized spacial score (nSPS) is 21.4. The van der Waals surface area contributed by atoms with E-state index < -0.39 is 41.9 Å². The highest BCUT2D eigenvalue weighted by Crippen LogP contribution is 2.39. The van der Waals surface area contributed by atoms with Crippen molar-refractivity contribution >= 4 is 17.6 Å². The van der Waals surface area contributed by atoms with Crippen LogP contribution in [0.15, 0.2) is 36.7 Å².